The molecule has 1 atom stereocenters. The Labute approximate surface area is 138 Å². The van der Waals surface area contributed by atoms with E-state index in [1.165, 1.54) is 6.92 Å². The molecule has 0 N–H and O–H groups in total. The number of aromatic nitrogens is 1. The minimum Gasteiger partial charge on any atom is -0.456 e. The summed E-state index contributed by atoms with van der Waals surface area (Å²) in [6, 6.07) is 5.61. The van der Waals surface area contributed by atoms with Gasteiger partial charge in [-0.15, -0.1) is 0 Å². The first-order chi connectivity index (χ1) is 11.4. The molecule has 7 heteroatoms. The zero-order valence-corrected chi connectivity index (χ0v) is 13.5. The van der Waals surface area contributed by atoms with Gasteiger partial charge in [0.2, 0.25) is 0 Å². The van der Waals surface area contributed by atoms with Crippen LogP contribution in [0.15, 0.2) is 28.8 Å². The highest BCUT2D eigenvalue weighted by atomic mass is 16.6. The summed E-state index contributed by atoms with van der Waals surface area (Å²) >= 11 is 0. The van der Waals surface area contributed by atoms with E-state index < -0.39 is 23.8 Å². The van der Waals surface area contributed by atoms with Gasteiger partial charge in [0.25, 0.3) is 11.8 Å². The van der Waals surface area contributed by atoms with Crippen molar-refractivity contribution in [3.63, 3.8) is 0 Å². The molecule has 1 unspecified atom stereocenters. The van der Waals surface area contributed by atoms with Crippen LogP contribution in [0.4, 0.5) is 0 Å². The topological polar surface area (TPSA) is 89.7 Å². The van der Waals surface area contributed by atoms with Gasteiger partial charge in [-0.1, -0.05) is 16.8 Å². The quantitative estimate of drug-likeness (QED) is 0.630. The van der Waals surface area contributed by atoms with E-state index in [0.29, 0.717) is 22.6 Å². The van der Waals surface area contributed by atoms with Crippen LogP contribution in [0.5, 0.6) is 0 Å². The van der Waals surface area contributed by atoms with E-state index in [4.69, 9.17) is 9.26 Å². The fourth-order valence-corrected chi connectivity index (χ4v) is 2.58. The first-order valence-corrected chi connectivity index (χ1v) is 7.46. The van der Waals surface area contributed by atoms with Crippen LogP contribution in [0.25, 0.3) is 0 Å². The molecule has 0 saturated carbocycles. The van der Waals surface area contributed by atoms with Gasteiger partial charge in [0.05, 0.1) is 16.8 Å². The lowest BCUT2D eigenvalue weighted by atomic mass is 10.1. The van der Waals surface area contributed by atoms with E-state index in [-0.39, 0.29) is 6.61 Å². The first-order valence-electron chi connectivity index (χ1n) is 7.46. The molecule has 0 saturated heterocycles. The fraction of sp³-hybridized carbons (Fsp3) is 0.294. The molecule has 7 nitrogen and oxygen atoms in total. The first kappa shape index (κ1) is 15.9. The maximum absolute atomic E-state index is 12.5. The molecule has 1 aromatic heterocycles. The van der Waals surface area contributed by atoms with Crippen molar-refractivity contribution >= 4 is 17.8 Å². The van der Waals surface area contributed by atoms with Crippen LogP contribution in [0.2, 0.25) is 0 Å². The minimum atomic E-state index is -1.03. The van der Waals surface area contributed by atoms with Crippen molar-refractivity contribution in [2.75, 3.05) is 0 Å². The van der Waals surface area contributed by atoms with Crippen LogP contribution >= 0.6 is 0 Å². The summed E-state index contributed by atoms with van der Waals surface area (Å²) in [5.74, 6) is -1.27. The fourth-order valence-electron chi connectivity index (χ4n) is 2.58. The second-order valence-corrected chi connectivity index (χ2v) is 5.75. The third kappa shape index (κ3) is 2.68. The zero-order chi connectivity index (χ0) is 17.4. The molecule has 0 bridgehead atoms. The van der Waals surface area contributed by atoms with Gasteiger partial charge >= 0.3 is 5.97 Å². The normalized spacial score (nSPS) is 14.7. The van der Waals surface area contributed by atoms with E-state index in [1.807, 2.05) is 6.92 Å². The number of carbonyl (C=O) groups excluding carboxylic acids is 3. The second kappa shape index (κ2) is 5.92. The molecule has 24 heavy (non-hydrogen) atoms. The Hall–Kier alpha value is -2.96. The van der Waals surface area contributed by atoms with Gasteiger partial charge in [-0.2, -0.15) is 0 Å². The van der Waals surface area contributed by atoms with Crippen LogP contribution in [0.1, 0.15) is 44.7 Å². The number of hydrogen-bond acceptors (Lipinski definition) is 6. The maximum atomic E-state index is 12.5. The summed E-state index contributed by atoms with van der Waals surface area (Å²) < 4.78 is 10.1. The van der Waals surface area contributed by atoms with Gasteiger partial charge in [-0.05, 0) is 32.9 Å². The van der Waals surface area contributed by atoms with E-state index in [1.54, 1.807) is 31.2 Å². The van der Waals surface area contributed by atoms with Crippen molar-refractivity contribution in [3.05, 3.63) is 52.4 Å². The Morgan fingerprint density at radius 2 is 1.92 bits per heavy atom. The molecule has 2 aromatic rings. The lowest BCUT2D eigenvalue weighted by molar-refractivity contribution is -0.149. The summed E-state index contributed by atoms with van der Waals surface area (Å²) in [4.78, 5) is 38.0. The lowest BCUT2D eigenvalue weighted by Gasteiger charge is -2.20. The van der Waals surface area contributed by atoms with Crippen molar-refractivity contribution < 1.29 is 23.6 Å². The number of rotatable bonds is 4. The number of nitrogens with zero attached hydrogens (tertiary/aromatic N) is 2. The summed E-state index contributed by atoms with van der Waals surface area (Å²) in [7, 11) is 0. The zero-order valence-electron chi connectivity index (χ0n) is 13.5. The molecule has 3 rings (SSSR count). The molecule has 124 valence electrons. The number of hydrogen-bond donors (Lipinski definition) is 0. The molecule has 0 radical (unpaired) electrons. The molecular weight excluding hydrogens is 312 g/mol. The Morgan fingerprint density at radius 3 is 2.58 bits per heavy atom. The predicted octanol–water partition coefficient (Wildman–Crippen LogP) is 2.02. The Kier molecular flexibility index (Phi) is 3.92. The van der Waals surface area contributed by atoms with Crippen molar-refractivity contribution in [1.29, 1.82) is 0 Å². The molecule has 1 aromatic carbocycles. The van der Waals surface area contributed by atoms with E-state index >= 15 is 0 Å². The largest absolute Gasteiger partial charge is 0.456 e. The average molecular weight is 328 g/mol. The standard InChI is InChI=1S/C17H16N2O5/c1-9-4-5-13-14(6-9)16(21)19(15(13)20)11(3)17(22)23-8-12-7-10(2)18-24-12/h4-7,11H,8H2,1-3H3. The van der Waals surface area contributed by atoms with Crippen LogP contribution < -0.4 is 0 Å². The SMILES string of the molecule is Cc1ccc2c(c1)C(=O)N(C(C)C(=O)OCc1cc(C)no1)C2=O. The Balaban J connectivity index is 1.73. The van der Waals surface area contributed by atoms with Gasteiger partial charge in [0.15, 0.2) is 12.4 Å². The van der Waals surface area contributed by atoms with Crippen LogP contribution in [-0.4, -0.2) is 33.9 Å². The summed E-state index contributed by atoms with van der Waals surface area (Å²) in [5, 5.41) is 3.69. The van der Waals surface area contributed by atoms with Crippen molar-refractivity contribution in [2.24, 2.45) is 0 Å². The minimum absolute atomic E-state index is 0.105. The highest BCUT2D eigenvalue weighted by Gasteiger charge is 2.41. The molecule has 0 aliphatic carbocycles. The monoisotopic (exact) mass is 328 g/mol. The van der Waals surface area contributed by atoms with Gasteiger partial charge in [-0.3, -0.25) is 14.5 Å². The molecule has 1 aliphatic rings. The van der Waals surface area contributed by atoms with Gasteiger partial charge < -0.3 is 9.26 Å². The summed E-state index contributed by atoms with van der Waals surface area (Å²) in [5.41, 5.74) is 2.15. The molecule has 1 aliphatic heterocycles. The number of fused-ring (bicyclic) bond motifs is 1. The predicted molar refractivity (Wildman–Crippen MR) is 82.2 cm³/mol. The molecule has 0 spiro atoms. The Morgan fingerprint density at radius 1 is 1.21 bits per heavy atom. The number of benzene rings is 1. The third-order valence-electron chi connectivity index (χ3n) is 3.84. The third-order valence-corrected chi connectivity index (χ3v) is 3.84. The van der Waals surface area contributed by atoms with Gasteiger partial charge in [0.1, 0.15) is 6.04 Å². The van der Waals surface area contributed by atoms with Crippen LogP contribution in [0, 0.1) is 13.8 Å². The van der Waals surface area contributed by atoms with E-state index in [0.717, 1.165) is 10.5 Å². The highest BCUT2D eigenvalue weighted by Crippen LogP contribution is 2.26. The number of imide groups is 1. The van der Waals surface area contributed by atoms with Crippen molar-refractivity contribution in [2.45, 2.75) is 33.4 Å². The Bertz CT molecular complexity index is 839. The summed E-state index contributed by atoms with van der Waals surface area (Å²) in [6.45, 7) is 4.94. The van der Waals surface area contributed by atoms with Crippen molar-refractivity contribution in [1.82, 2.24) is 10.1 Å². The number of ether oxygens (including phenoxy) is 1. The van der Waals surface area contributed by atoms with Gasteiger partial charge in [-0.25, -0.2) is 4.79 Å². The van der Waals surface area contributed by atoms with Crippen molar-refractivity contribution in [3.8, 4) is 0 Å². The number of aryl methyl sites for hydroxylation is 2. The van der Waals surface area contributed by atoms with E-state index in [9.17, 15) is 14.4 Å². The maximum Gasteiger partial charge on any atom is 0.329 e. The second-order valence-electron chi connectivity index (χ2n) is 5.75. The number of amides is 2. The number of esters is 1. The highest BCUT2D eigenvalue weighted by molar-refractivity contribution is 6.22. The lowest BCUT2D eigenvalue weighted by Crippen LogP contribution is -2.43. The van der Waals surface area contributed by atoms with E-state index in [2.05, 4.69) is 5.16 Å². The molecular formula is C17H16N2O5. The molecule has 2 heterocycles. The average Bonchev–Trinajstić information content (AvgIpc) is 3.06. The smallest absolute Gasteiger partial charge is 0.329 e. The summed E-state index contributed by atoms with van der Waals surface area (Å²) in [6.07, 6.45) is 0. The van der Waals surface area contributed by atoms with Gasteiger partial charge in [0, 0.05) is 6.07 Å². The number of carbonyl (C=O) groups is 3. The van der Waals surface area contributed by atoms with Crippen LogP contribution in [0.3, 0.4) is 0 Å². The molecule has 0 fully saturated rings. The molecule has 2 amide bonds. The van der Waals surface area contributed by atoms with Crippen LogP contribution in [-0.2, 0) is 16.1 Å².